The van der Waals surface area contributed by atoms with Gasteiger partial charge in [0.1, 0.15) is 0 Å². The van der Waals surface area contributed by atoms with Crippen LogP contribution in [0.15, 0.2) is 12.1 Å². The predicted octanol–water partition coefficient (Wildman–Crippen LogP) is -0.634. The van der Waals surface area contributed by atoms with Crippen molar-refractivity contribution in [3.63, 3.8) is 0 Å². The number of nitrogens with two attached hydrogens (primary N) is 2. The van der Waals surface area contributed by atoms with Gasteiger partial charge in [-0.25, -0.2) is 9.59 Å². The van der Waals surface area contributed by atoms with Gasteiger partial charge in [-0.3, -0.25) is 9.59 Å². The second-order valence-corrected chi connectivity index (χ2v) is 3.81. The zero-order chi connectivity index (χ0) is 15.4. The number of carboxylic acids is 2. The second-order valence-electron chi connectivity index (χ2n) is 3.81. The van der Waals surface area contributed by atoms with E-state index in [0.29, 0.717) is 0 Å². The molecule has 0 saturated carbocycles. The van der Waals surface area contributed by atoms with Crippen LogP contribution in [0.2, 0.25) is 0 Å². The lowest BCUT2D eigenvalue weighted by molar-refractivity contribution is 0.0676. The lowest BCUT2D eigenvalue weighted by atomic mass is 9.93. The third-order valence-electron chi connectivity index (χ3n) is 2.59. The van der Waals surface area contributed by atoms with Crippen molar-refractivity contribution in [2.75, 3.05) is 13.1 Å². The zero-order valence-corrected chi connectivity index (χ0v) is 10.3. The van der Waals surface area contributed by atoms with E-state index >= 15 is 0 Å². The molecule has 0 atom stereocenters. The molecule has 8 heteroatoms. The third kappa shape index (κ3) is 2.87. The minimum Gasteiger partial charge on any atom is -0.478 e. The first-order valence-corrected chi connectivity index (χ1v) is 5.44. The van der Waals surface area contributed by atoms with E-state index in [4.69, 9.17) is 21.7 Å². The largest absolute Gasteiger partial charge is 0.478 e. The first-order chi connectivity index (χ1) is 9.33. The van der Waals surface area contributed by atoms with Crippen LogP contribution in [0.25, 0.3) is 0 Å². The molecule has 106 valence electrons. The summed E-state index contributed by atoms with van der Waals surface area (Å²) in [6.45, 7) is -0.965. The molecule has 1 aromatic carbocycles. The molecular weight excluding hydrogens is 268 g/mol. The highest BCUT2D eigenvalue weighted by atomic mass is 16.4. The highest BCUT2D eigenvalue weighted by molar-refractivity contribution is 6.13. The molecule has 0 aliphatic heterocycles. The number of hydrogen-bond acceptors (Lipinski definition) is 6. The lowest BCUT2D eigenvalue weighted by Gasteiger charge is -2.10. The molecular formula is C12H12N2O6. The molecule has 0 spiro atoms. The van der Waals surface area contributed by atoms with Crippen LogP contribution in [0.1, 0.15) is 41.4 Å². The summed E-state index contributed by atoms with van der Waals surface area (Å²) in [4.78, 5) is 45.4. The number of benzene rings is 1. The van der Waals surface area contributed by atoms with E-state index in [-0.39, 0.29) is 11.1 Å². The monoisotopic (exact) mass is 280 g/mol. The lowest BCUT2D eigenvalue weighted by Crippen LogP contribution is -2.22. The van der Waals surface area contributed by atoms with Crippen LogP contribution in [0, 0.1) is 0 Å². The van der Waals surface area contributed by atoms with Crippen LogP contribution in [0.3, 0.4) is 0 Å². The maximum Gasteiger partial charge on any atom is 0.336 e. The van der Waals surface area contributed by atoms with Gasteiger partial charge in [-0.05, 0) is 12.1 Å². The smallest absolute Gasteiger partial charge is 0.336 e. The van der Waals surface area contributed by atoms with Gasteiger partial charge < -0.3 is 21.7 Å². The number of Topliss-reactive ketones (excluding diaryl/α,β-unsaturated/α-hetero) is 2. The van der Waals surface area contributed by atoms with Crippen LogP contribution in [-0.2, 0) is 0 Å². The molecule has 0 heterocycles. The van der Waals surface area contributed by atoms with E-state index in [9.17, 15) is 19.2 Å². The molecule has 0 fully saturated rings. The van der Waals surface area contributed by atoms with Gasteiger partial charge in [-0.1, -0.05) is 0 Å². The number of ketones is 2. The van der Waals surface area contributed by atoms with Gasteiger partial charge in [0.15, 0.2) is 11.6 Å². The van der Waals surface area contributed by atoms with Crippen molar-refractivity contribution in [2.24, 2.45) is 11.5 Å². The fourth-order valence-electron chi connectivity index (χ4n) is 1.63. The van der Waals surface area contributed by atoms with E-state index in [1.54, 1.807) is 0 Å². The van der Waals surface area contributed by atoms with E-state index in [2.05, 4.69) is 0 Å². The van der Waals surface area contributed by atoms with Crippen molar-refractivity contribution >= 4 is 23.5 Å². The number of carboxylic acid groups (broad SMARTS) is 2. The Balaban J connectivity index is 3.68. The van der Waals surface area contributed by atoms with Gasteiger partial charge >= 0.3 is 11.9 Å². The summed E-state index contributed by atoms with van der Waals surface area (Å²) in [6.07, 6.45) is 0. The van der Waals surface area contributed by atoms with Crippen LogP contribution >= 0.6 is 0 Å². The topological polar surface area (TPSA) is 161 Å². The maximum absolute atomic E-state index is 11.6. The Kier molecular flexibility index (Phi) is 4.68. The molecule has 1 aromatic rings. The van der Waals surface area contributed by atoms with Crippen molar-refractivity contribution in [3.8, 4) is 0 Å². The maximum atomic E-state index is 11.6. The molecule has 0 aliphatic carbocycles. The van der Waals surface area contributed by atoms with Crippen molar-refractivity contribution in [3.05, 3.63) is 34.4 Å². The Hall–Kier alpha value is -2.58. The standard InChI is InChI=1S/C12H12N2O6/c13-3-9(15)5-1-7(11(17)18)6(10(16)4-14)2-8(5)12(19)20/h1-2H,3-4,13-14H2,(H,17,18)(H,19,20). The average Bonchev–Trinajstić information content (AvgIpc) is 2.43. The van der Waals surface area contributed by atoms with Gasteiger partial charge in [0.05, 0.1) is 24.2 Å². The number of carbonyl (C=O) groups is 4. The molecule has 0 radical (unpaired) electrons. The van der Waals surface area contributed by atoms with Crippen molar-refractivity contribution in [1.29, 1.82) is 0 Å². The minimum absolute atomic E-state index is 0.356. The van der Waals surface area contributed by atoms with E-state index in [1.807, 2.05) is 0 Å². The molecule has 6 N–H and O–H groups in total. The van der Waals surface area contributed by atoms with Crippen LogP contribution in [0.4, 0.5) is 0 Å². The molecule has 0 bridgehead atoms. The van der Waals surface area contributed by atoms with E-state index in [0.717, 1.165) is 12.1 Å². The summed E-state index contributed by atoms with van der Waals surface area (Å²) in [6, 6.07) is 1.67. The summed E-state index contributed by atoms with van der Waals surface area (Å²) in [5.74, 6) is -4.41. The van der Waals surface area contributed by atoms with Crippen molar-refractivity contribution in [1.82, 2.24) is 0 Å². The zero-order valence-electron chi connectivity index (χ0n) is 10.3. The molecule has 20 heavy (non-hydrogen) atoms. The van der Waals surface area contributed by atoms with Gasteiger partial charge in [-0.15, -0.1) is 0 Å². The van der Waals surface area contributed by atoms with E-state index in [1.165, 1.54) is 0 Å². The van der Waals surface area contributed by atoms with Gasteiger partial charge in [0.25, 0.3) is 0 Å². The second kappa shape index (κ2) is 6.04. The summed E-state index contributed by atoms with van der Waals surface area (Å²) in [5.41, 5.74) is 8.61. The van der Waals surface area contributed by atoms with Gasteiger partial charge in [-0.2, -0.15) is 0 Å². The predicted molar refractivity (Wildman–Crippen MR) is 67.1 cm³/mol. The molecule has 0 aromatic heterocycles. The van der Waals surface area contributed by atoms with Gasteiger partial charge in [0, 0.05) is 11.1 Å². The first kappa shape index (κ1) is 15.5. The fourth-order valence-corrected chi connectivity index (χ4v) is 1.63. The van der Waals surface area contributed by atoms with Crippen LogP contribution < -0.4 is 11.5 Å². The molecule has 0 amide bonds. The molecule has 8 nitrogen and oxygen atoms in total. The summed E-state index contributed by atoms with van der Waals surface area (Å²) in [5, 5.41) is 18.1. The van der Waals surface area contributed by atoms with Crippen LogP contribution in [-0.4, -0.2) is 46.8 Å². The van der Waals surface area contributed by atoms with Crippen molar-refractivity contribution in [2.45, 2.75) is 0 Å². The first-order valence-electron chi connectivity index (χ1n) is 5.44. The fraction of sp³-hybridized carbons (Fsp3) is 0.167. The number of carbonyl (C=O) groups excluding carboxylic acids is 2. The Bertz CT molecular complexity index is 554. The normalized spacial score (nSPS) is 10.1. The SMILES string of the molecule is NCC(=O)c1cc(C(=O)O)c(C(=O)CN)cc1C(=O)O. The van der Waals surface area contributed by atoms with Gasteiger partial charge in [0.2, 0.25) is 0 Å². The Morgan fingerprint density at radius 3 is 1.25 bits per heavy atom. The molecule has 1 rings (SSSR count). The van der Waals surface area contributed by atoms with E-state index < -0.39 is 47.7 Å². The number of rotatable bonds is 6. The van der Waals surface area contributed by atoms with Crippen molar-refractivity contribution < 1.29 is 29.4 Å². The van der Waals surface area contributed by atoms with Crippen LogP contribution in [0.5, 0.6) is 0 Å². The molecule has 0 saturated heterocycles. The highest BCUT2D eigenvalue weighted by Gasteiger charge is 2.24. The number of aromatic carboxylic acids is 2. The molecule has 0 unspecified atom stereocenters. The minimum atomic E-state index is -1.47. The molecule has 0 aliphatic rings. The third-order valence-corrected chi connectivity index (χ3v) is 2.59. The quantitative estimate of drug-likeness (QED) is 0.500. The Morgan fingerprint density at radius 1 is 0.750 bits per heavy atom. The highest BCUT2D eigenvalue weighted by Crippen LogP contribution is 2.19. The number of hydrogen-bond donors (Lipinski definition) is 4. The average molecular weight is 280 g/mol. The Labute approximate surface area is 113 Å². The Morgan fingerprint density at radius 2 is 1.05 bits per heavy atom. The summed E-state index contributed by atoms with van der Waals surface area (Å²) in [7, 11) is 0. The summed E-state index contributed by atoms with van der Waals surface area (Å²) >= 11 is 0. The summed E-state index contributed by atoms with van der Waals surface area (Å²) < 4.78 is 0.